The third kappa shape index (κ3) is 2.05. The second-order valence-corrected chi connectivity index (χ2v) is 5.98. The molecule has 0 spiro atoms. The van der Waals surface area contributed by atoms with Gasteiger partial charge in [-0.3, -0.25) is 4.79 Å². The van der Waals surface area contributed by atoms with Gasteiger partial charge >= 0.3 is 5.97 Å². The molecule has 4 rings (SSSR count). The highest BCUT2D eigenvalue weighted by atomic mass is 16.6. The van der Waals surface area contributed by atoms with Gasteiger partial charge in [0, 0.05) is 0 Å². The van der Waals surface area contributed by atoms with Gasteiger partial charge in [0.05, 0.1) is 0 Å². The van der Waals surface area contributed by atoms with Crippen LogP contribution >= 0.6 is 0 Å². The van der Waals surface area contributed by atoms with Crippen molar-refractivity contribution in [2.45, 2.75) is 44.1 Å². The fraction of sp³-hybridized carbons (Fsp3) is 0.846. The van der Waals surface area contributed by atoms with E-state index < -0.39 is 0 Å². The summed E-state index contributed by atoms with van der Waals surface area (Å²) in [6.07, 6.45) is 7.02. The van der Waals surface area contributed by atoms with Crippen molar-refractivity contribution in [1.29, 1.82) is 0 Å². The fourth-order valence-corrected chi connectivity index (χ4v) is 4.53. The number of ether oxygens (including phenoxy) is 2. The van der Waals surface area contributed by atoms with Gasteiger partial charge in [-0.2, -0.15) is 0 Å². The zero-order valence-corrected chi connectivity index (χ0v) is 9.89. The monoisotopic (exact) mass is 238 g/mol. The molecule has 0 heterocycles. The number of rotatable bonds is 4. The van der Waals surface area contributed by atoms with E-state index in [2.05, 4.69) is 4.74 Å². The van der Waals surface area contributed by atoms with Crippen molar-refractivity contribution in [3.05, 3.63) is 0 Å². The molecule has 94 valence electrons. The number of carbonyl (C=O) groups is 2. The van der Waals surface area contributed by atoms with Gasteiger partial charge in [0.15, 0.2) is 6.61 Å². The van der Waals surface area contributed by atoms with Crippen LogP contribution in [0.1, 0.15) is 38.5 Å². The van der Waals surface area contributed by atoms with E-state index >= 15 is 0 Å². The van der Waals surface area contributed by atoms with E-state index in [0.29, 0.717) is 6.47 Å². The topological polar surface area (TPSA) is 52.6 Å². The van der Waals surface area contributed by atoms with Crippen molar-refractivity contribution in [3.63, 3.8) is 0 Å². The second-order valence-electron chi connectivity index (χ2n) is 5.98. The molecule has 4 nitrogen and oxygen atoms in total. The molecule has 0 aromatic rings. The normalized spacial score (nSPS) is 42.2. The van der Waals surface area contributed by atoms with Gasteiger partial charge in [-0.1, -0.05) is 0 Å². The van der Waals surface area contributed by atoms with Crippen molar-refractivity contribution in [2.24, 2.45) is 17.8 Å². The quantitative estimate of drug-likeness (QED) is 0.552. The van der Waals surface area contributed by atoms with Gasteiger partial charge in [0.2, 0.25) is 0 Å². The maximum atomic E-state index is 11.6. The highest BCUT2D eigenvalue weighted by Gasteiger charge is 2.53. The third-order valence-electron chi connectivity index (χ3n) is 4.58. The minimum absolute atomic E-state index is 0.224. The van der Waals surface area contributed by atoms with Crippen LogP contribution in [0.25, 0.3) is 0 Å². The average Bonchev–Trinajstić information content (AvgIpc) is 2.23. The molecule has 4 aliphatic carbocycles. The summed E-state index contributed by atoms with van der Waals surface area (Å²) in [6.45, 7) is 0.0478. The van der Waals surface area contributed by atoms with Crippen LogP contribution in [0.5, 0.6) is 0 Å². The molecule has 0 aromatic heterocycles. The summed E-state index contributed by atoms with van der Waals surface area (Å²) in [5.41, 5.74) is -0.224. The molecule has 0 saturated heterocycles. The van der Waals surface area contributed by atoms with Gasteiger partial charge in [-0.05, 0) is 56.3 Å². The molecule has 0 atom stereocenters. The van der Waals surface area contributed by atoms with E-state index in [1.165, 1.54) is 19.3 Å². The lowest BCUT2D eigenvalue weighted by Gasteiger charge is -2.55. The second kappa shape index (κ2) is 4.00. The predicted molar refractivity (Wildman–Crippen MR) is 59.0 cm³/mol. The van der Waals surface area contributed by atoms with Crippen LogP contribution in [0.15, 0.2) is 0 Å². The molecule has 0 aromatic carbocycles. The Kier molecular flexibility index (Phi) is 2.60. The van der Waals surface area contributed by atoms with Crippen LogP contribution in [-0.4, -0.2) is 24.6 Å². The zero-order chi connectivity index (χ0) is 11.9. The SMILES string of the molecule is O=COCC(=O)OC12CC3CC(CC(C3)C1)C2. The largest absolute Gasteiger partial charge is 0.457 e. The van der Waals surface area contributed by atoms with Crippen molar-refractivity contribution in [2.75, 3.05) is 6.61 Å². The van der Waals surface area contributed by atoms with Crippen LogP contribution < -0.4 is 0 Å². The fourth-order valence-electron chi connectivity index (χ4n) is 4.53. The molecular formula is C13H18O4. The van der Waals surface area contributed by atoms with E-state index in [0.717, 1.165) is 37.0 Å². The highest BCUT2D eigenvalue weighted by Crippen LogP contribution is 2.57. The van der Waals surface area contributed by atoms with Gasteiger partial charge < -0.3 is 9.47 Å². The van der Waals surface area contributed by atoms with Gasteiger partial charge in [-0.25, -0.2) is 4.79 Å². The first kappa shape index (κ1) is 11.1. The van der Waals surface area contributed by atoms with Gasteiger partial charge in [0.25, 0.3) is 6.47 Å². The first-order valence-corrected chi connectivity index (χ1v) is 6.46. The molecule has 17 heavy (non-hydrogen) atoms. The first-order chi connectivity index (χ1) is 8.19. The number of carbonyl (C=O) groups excluding carboxylic acids is 2. The third-order valence-corrected chi connectivity index (χ3v) is 4.58. The number of hydrogen-bond donors (Lipinski definition) is 0. The molecular weight excluding hydrogens is 220 g/mol. The van der Waals surface area contributed by atoms with Crippen LogP contribution in [0, 0.1) is 17.8 Å². The molecule has 4 fully saturated rings. The minimum atomic E-state index is -0.390. The Labute approximate surface area is 101 Å². The molecule has 4 heteroatoms. The Balaban J connectivity index is 1.65. The number of hydrogen-bond acceptors (Lipinski definition) is 4. The Morgan fingerprint density at radius 1 is 1.12 bits per heavy atom. The summed E-state index contributed by atoms with van der Waals surface area (Å²) in [5, 5.41) is 0. The Morgan fingerprint density at radius 3 is 2.12 bits per heavy atom. The molecule has 0 aliphatic heterocycles. The smallest absolute Gasteiger partial charge is 0.344 e. The van der Waals surface area contributed by atoms with Crippen molar-refractivity contribution >= 4 is 12.4 Å². The highest BCUT2D eigenvalue weighted by molar-refractivity contribution is 5.72. The first-order valence-electron chi connectivity index (χ1n) is 6.46. The lowest BCUT2D eigenvalue weighted by molar-refractivity contribution is -0.191. The van der Waals surface area contributed by atoms with Gasteiger partial charge in [0.1, 0.15) is 5.60 Å². The molecule has 0 amide bonds. The molecule has 4 aliphatic rings. The summed E-state index contributed by atoms with van der Waals surface area (Å²) in [6, 6.07) is 0. The predicted octanol–water partition coefficient (Wildman–Crippen LogP) is 1.67. The minimum Gasteiger partial charge on any atom is -0.457 e. The molecule has 0 radical (unpaired) electrons. The van der Waals surface area contributed by atoms with Crippen molar-refractivity contribution < 1.29 is 19.1 Å². The molecule has 0 unspecified atom stereocenters. The zero-order valence-electron chi connectivity index (χ0n) is 9.89. The van der Waals surface area contributed by atoms with Crippen LogP contribution in [0.3, 0.4) is 0 Å². The summed E-state index contributed by atoms with van der Waals surface area (Å²) < 4.78 is 10.1. The van der Waals surface area contributed by atoms with Crippen LogP contribution in [0.2, 0.25) is 0 Å². The van der Waals surface area contributed by atoms with E-state index in [1.807, 2.05) is 0 Å². The van der Waals surface area contributed by atoms with E-state index in [9.17, 15) is 9.59 Å². The summed E-state index contributed by atoms with van der Waals surface area (Å²) >= 11 is 0. The van der Waals surface area contributed by atoms with E-state index in [1.54, 1.807) is 0 Å². The van der Waals surface area contributed by atoms with Crippen molar-refractivity contribution in [1.82, 2.24) is 0 Å². The summed E-state index contributed by atoms with van der Waals surface area (Å²) in [4.78, 5) is 21.6. The Hall–Kier alpha value is -1.06. The lowest BCUT2D eigenvalue weighted by Crippen LogP contribution is -2.53. The maximum absolute atomic E-state index is 11.6. The van der Waals surface area contributed by atoms with Crippen molar-refractivity contribution in [3.8, 4) is 0 Å². The Morgan fingerprint density at radius 2 is 1.65 bits per heavy atom. The number of esters is 1. The van der Waals surface area contributed by atoms with E-state index in [4.69, 9.17) is 4.74 Å². The standard InChI is InChI=1S/C13H18O4/c14-8-16-7-12(15)17-13-4-9-1-10(5-13)3-11(2-9)6-13/h8-11H,1-7H2. The summed E-state index contributed by atoms with van der Waals surface area (Å²) in [5.74, 6) is 1.86. The van der Waals surface area contributed by atoms with Crippen LogP contribution in [0.4, 0.5) is 0 Å². The van der Waals surface area contributed by atoms with Crippen LogP contribution in [-0.2, 0) is 19.1 Å². The maximum Gasteiger partial charge on any atom is 0.344 e. The molecule has 0 N–H and O–H groups in total. The Bertz CT molecular complexity index is 301. The summed E-state index contributed by atoms with van der Waals surface area (Å²) in [7, 11) is 0. The molecule has 4 saturated carbocycles. The van der Waals surface area contributed by atoms with Gasteiger partial charge in [-0.15, -0.1) is 0 Å². The lowest BCUT2D eigenvalue weighted by atomic mass is 9.54. The van der Waals surface area contributed by atoms with E-state index in [-0.39, 0.29) is 18.2 Å². The molecule has 4 bridgehead atoms. The average molecular weight is 238 g/mol.